The first-order valence-electron chi connectivity index (χ1n) is 5.78. The van der Waals surface area contributed by atoms with E-state index in [1.165, 1.54) is 17.7 Å². The van der Waals surface area contributed by atoms with Gasteiger partial charge in [0.1, 0.15) is 0 Å². The lowest BCUT2D eigenvalue weighted by molar-refractivity contribution is 0.0292. The summed E-state index contributed by atoms with van der Waals surface area (Å²) in [5.74, 6) is 0. The maximum Gasteiger partial charge on any atom is 0.0695 e. The number of halogens is 1. The van der Waals surface area contributed by atoms with E-state index in [2.05, 4.69) is 39.3 Å². The van der Waals surface area contributed by atoms with Crippen LogP contribution in [0, 0.1) is 0 Å². The number of aliphatic hydroxyl groups excluding tert-OH is 1. The summed E-state index contributed by atoms with van der Waals surface area (Å²) < 4.78 is 1.16. The standard InChI is InChI=1S/C12H18BrNOS/c1-14(7-10-6-9(13)8-16-10)11-4-2-3-5-12(11)15/h6,8,11-12,15H,2-5,7H2,1H3/t11-,12-/m1/s1. The minimum atomic E-state index is -0.137. The summed E-state index contributed by atoms with van der Waals surface area (Å²) >= 11 is 5.25. The van der Waals surface area contributed by atoms with Gasteiger partial charge in [-0.2, -0.15) is 0 Å². The molecule has 1 aliphatic rings. The molecule has 4 heteroatoms. The summed E-state index contributed by atoms with van der Waals surface area (Å²) in [6.45, 7) is 0.942. The number of rotatable bonds is 3. The second-order valence-electron chi connectivity index (χ2n) is 4.57. The molecule has 1 fully saturated rings. The fourth-order valence-corrected chi connectivity index (χ4v) is 3.92. The number of likely N-dealkylation sites (N-methyl/N-ethyl adjacent to an activating group) is 1. The summed E-state index contributed by atoms with van der Waals surface area (Å²) in [7, 11) is 2.12. The molecule has 2 atom stereocenters. The largest absolute Gasteiger partial charge is 0.391 e. The molecule has 90 valence electrons. The molecule has 0 radical (unpaired) electrons. The summed E-state index contributed by atoms with van der Waals surface area (Å²) in [4.78, 5) is 3.65. The second kappa shape index (κ2) is 5.63. The molecule has 0 spiro atoms. The summed E-state index contributed by atoms with van der Waals surface area (Å²) in [6.07, 6.45) is 4.38. The highest BCUT2D eigenvalue weighted by molar-refractivity contribution is 9.10. The maximum absolute atomic E-state index is 9.98. The minimum Gasteiger partial charge on any atom is -0.391 e. The van der Waals surface area contributed by atoms with Crippen LogP contribution in [0.3, 0.4) is 0 Å². The van der Waals surface area contributed by atoms with Gasteiger partial charge in [-0.05, 0) is 41.9 Å². The Labute approximate surface area is 109 Å². The van der Waals surface area contributed by atoms with Crippen LogP contribution in [0.2, 0.25) is 0 Å². The number of thiophene rings is 1. The Bertz CT molecular complexity index is 342. The van der Waals surface area contributed by atoms with Gasteiger partial charge in [0.25, 0.3) is 0 Å². The average molecular weight is 304 g/mol. The maximum atomic E-state index is 9.98. The van der Waals surface area contributed by atoms with Crippen molar-refractivity contribution in [3.05, 3.63) is 20.8 Å². The van der Waals surface area contributed by atoms with E-state index in [1.54, 1.807) is 11.3 Å². The molecular formula is C12H18BrNOS. The van der Waals surface area contributed by atoms with Gasteiger partial charge in [0.05, 0.1) is 6.10 Å². The average Bonchev–Trinajstić information content (AvgIpc) is 2.64. The Morgan fingerprint density at radius 2 is 2.25 bits per heavy atom. The van der Waals surface area contributed by atoms with Gasteiger partial charge in [0, 0.05) is 27.3 Å². The Hall–Kier alpha value is 0.1000. The van der Waals surface area contributed by atoms with Crippen LogP contribution < -0.4 is 0 Å². The summed E-state index contributed by atoms with van der Waals surface area (Å²) in [5.41, 5.74) is 0. The fraction of sp³-hybridized carbons (Fsp3) is 0.667. The van der Waals surface area contributed by atoms with Crippen molar-refractivity contribution in [3.63, 3.8) is 0 Å². The van der Waals surface area contributed by atoms with Crippen LogP contribution in [0.5, 0.6) is 0 Å². The Balaban J connectivity index is 1.93. The summed E-state index contributed by atoms with van der Waals surface area (Å²) in [6, 6.07) is 2.51. The lowest BCUT2D eigenvalue weighted by Gasteiger charge is -2.34. The van der Waals surface area contributed by atoms with E-state index in [0.717, 1.165) is 23.9 Å². The minimum absolute atomic E-state index is 0.137. The van der Waals surface area contributed by atoms with Crippen LogP contribution in [0.25, 0.3) is 0 Å². The number of hydrogen-bond acceptors (Lipinski definition) is 3. The van der Waals surface area contributed by atoms with Crippen molar-refractivity contribution in [1.29, 1.82) is 0 Å². The molecular weight excluding hydrogens is 286 g/mol. The third-order valence-electron chi connectivity index (χ3n) is 3.29. The lowest BCUT2D eigenvalue weighted by Crippen LogP contribution is -2.42. The van der Waals surface area contributed by atoms with E-state index in [9.17, 15) is 5.11 Å². The first kappa shape index (κ1) is 12.6. The number of aliphatic hydroxyl groups is 1. The van der Waals surface area contributed by atoms with Gasteiger partial charge in [-0.3, -0.25) is 4.90 Å². The van der Waals surface area contributed by atoms with E-state index in [-0.39, 0.29) is 6.10 Å². The molecule has 0 amide bonds. The molecule has 1 N–H and O–H groups in total. The van der Waals surface area contributed by atoms with E-state index < -0.39 is 0 Å². The highest BCUT2D eigenvalue weighted by atomic mass is 79.9. The molecule has 1 saturated carbocycles. The van der Waals surface area contributed by atoms with E-state index in [1.807, 2.05) is 0 Å². The summed E-state index contributed by atoms with van der Waals surface area (Å²) in [5, 5.41) is 12.1. The van der Waals surface area contributed by atoms with Crippen LogP contribution in [-0.2, 0) is 6.54 Å². The normalized spacial score (nSPS) is 26.2. The number of hydrogen-bond donors (Lipinski definition) is 1. The first-order valence-corrected chi connectivity index (χ1v) is 7.45. The number of nitrogens with zero attached hydrogens (tertiary/aromatic N) is 1. The van der Waals surface area contributed by atoms with Crippen molar-refractivity contribution >= 4 is 27.3 Å². The zero-order chi connectivity index (χ0) is 11.5. The van der Waals surface area contributed by atoms with Crippen LogP contribution in [0.1, 0.15) is 30.6 Å². The lowest BCUT2D eigenvalue weighted by atomic mass is 9.91. The van der Waals surface area contributed by atoms with Gasteiger partial charge in [0.2, 0.25) is 0 Å². The van der Waals surface area contributed by atoms with E-state index in [0.29, 0.717) is 6.04 Å². The Morgan fingerprint density at radius 3 is 2.88 bits per heavy atom. The van der Waals surface area contributed by atoms with Crippen LogP contribution >= 0.6 is 27.3 Å². The van der Waals surface area contributed by atoms with Crippen LogP contribution in [-0.4, -0.2) is 29.2 Å². The molecule has 0 saturated heterocycles. The predicted molar refractivity (Wildman–Crippen MR) is 71.7 cm³/mol. The van der Waals surface area contributed by atoms with Crippen molar-refractivity contribution in [2.24, 2.45) is 0 Å². The van der Waals surface area contributed by atoms with Gasteiger partial charge in [0.15, 0.2) is 0 Å². The topological polar surface area (TPSA) is 23.5 Å². The molecule has 0 unspecified atom stereocenters. The van der Waals surface area contributed by atoms with Gasteiger partial charge in [-0.25, -0.2) is 0 Å². The molecule has 1 aliphatic carbocycles. The zero-order valence-corrected chi connectivity index (χ0v) is 11.9. The smallest absolute Gasteiger partial charge is 0.0695 e. The van der Waals surface area contributed by atoms with Gasteiger partial charge in [-0.15, -0.1) is 11.3 Å². The van der Waals surface area contributed by atoms with E-state index >= 15 is 0 Å². The van der Waals surface area contributed by atoms with Crippen LogP contribution in [0.15, 0.2) is 15.9 Å². The SMILES string of the molecule is CN(Cc1cc(Br)cs1)[C@@H]1CCCC[C@H]1O. The molecule has 0 bridgehead atoms. The Morgan fingerprint density at radius 1 is 1.50 bits per heavy atom. The van der Waals surface area contributed by atoms with Crippen molar-refractivity contribution in [2.45, 2.75) is 44.4 Å². The molecule has 0 aliphatic heterocycles. The van der Waals surface area contributed by atoms with Crippen molar-refractivity contribution in [2.75, 3.05) is 7.05 Å². The van der Waals surface area contributed by atoms with Crippen molar-refractivity contribution in [3.8, 4) is 0 Å². The first-order chi connectivity index (χ1) is 7.66. The molecule has 2 nitrogen and oxygen atoms in total. The third-order valence-corrected chi connectivity index (χ3v) is 4.97. The second-order valence-corrected chi connectivity index (χ2v) is 6.48. The highest BCUT2D eigenvalue weighted by Gasteiger charge is 2.26. The zero-order valence-electron chi connectivity index (χ0n) is 9.53. The van der Waals surface area contributed by atoms with Crippen molar-refractivity contribution < 1.29 is 5.11 Å². The van der Waals surface area contributed by atoms with Gasteiger partial charge in [-0.1, -0.05) is 12.8 Å². The molecule has 1 aromatic rings. The molecule has 16 heavy (non-hydrogen) atoms. The predicted octanol–water partition coefficient (Wildman–Crippen LogP) is 3.25. The van der Waals surface area contributed by atoms with E-state index in [4.69, 9.17) is 0 Å². The molecule has 1 aromatic heterocycles. The van der Waals surface area contributed by atoms with Crippen molar-refractivity contribution in [1.82, 2.24) is 4.90 Å². The molecule has 0 aromatic carbocycles. The fourth-order valence-electron chi connectivity index (χ4n) is 2.41. The third kappa shape index (κ3) is 3.06. The van der Waals surface area contributed by atoms with Gasteiger partial charge >= 0.3 is 0 Å². The highest BCUT2D eigenvalue weighted by Crippen LogP contribution is 2.26. The Kier molecular flexibility index (Phi) is 4.41. The quantitative estimate of drug-likeness (QED) is 0.926. The monoisotopic (exact) mass is 303 g/mol. The molecule has 2 rings (SSSR count). The van der Waals surface area contributed by atoms with Gasteiger partial charge < -0.3 is 5.11 Å². The van der Waals surface area contributed by atoms with Crippen LogP contribution in [0.4, 0.5) is 0 Å². The molecule has 1 heterocycles.